The minimum Gasteiger partial charge on any atom is -0.454 e. The molecule has 2 aromatic rings. The summed E-state index contributed by atoms with van der Waals surface area (Å²) in [6.45, 7) is 0.312. The van der Waals surface area contributed by atoms with Gasteiger partial charge in [0.1, 0.15) is 0 Å². The summed E-state index contributed by atoms with van der Waals surface area (Å²) in [5, 5.41) is 3.59. The van der Waals surface area contributed by atoms with Crippen LogP contribution in [0.1, 0.15) is 29.3 Å². The van der Waals surface area contributed by atoms with Crippen molar-refractivity contribution in [3.63, 3.8) is 0 Å². The summed E-state index contributed by atoms with van der Waals surface area (Å²) in [5.41, 5.74) is 2.42. The van der Waals surface area contributed by atoms with Crippen LogP contribution < -0.4 is 14.8 Å². The number of benzene rings is 1. The maximum absolute atomic E-state index is 6.15. The lowest BCUT2D eigenvalue weighted by Crippen LogP contribution is -2.15. The second-order valence-corrected chi connectivity index (χ2v) is 6.85. The molecule has 1 aromatic carbocycles. The normalized spacial score (nSPS) is 19.8. The van der Waals surface area contributed by atoms with Crippen LogP contribution in [0.5, 0.6) is 11.5 Å². The highest BCUT2D eigenvalue weighted by molar-refractivity contribution is 7.16. The van der Waals surface area contributed by atoms with Crippen molar-refractivity contribution in [2.75, 3.05) is 12.1 Å². The van der Waals surface area contributed by atoms with E-state index in [1.807, 2.05) is 18.2 Å². The highest BCUT2D eigenvalue weighted by Gasteiger charge is 2.23. The molecule has 1 atom stereocenters. The first-order valence-corrected chi connectivity index (χ1v) is 7.93. The van der Waals surface area contributed by atoms with Gasteiger partial charge in [-0.2, -0.15) is 0 Å². The molecule has 0 fully saturated rings. The van der Waals surface area contributed by atoms with Crippen LogP contribution in [0, 0.1) is 0 Å². The van der Waals surface area contributed by atoms with Gasteiger partial charge < -0.3 is 14.8 Å². The number of fused-ring (bicyclic) bond motifs is 2. The van der Waals surface area contributed by atoms with Crippen LogP contribution in [0.25, 0.3) is 0 Å². The maximum atomic E-state index is 6.15. The van der Waals surface area contributed by atoms with E-state index in [1.165, 1.54) is 16.9 Å². The Balaban J connectivity index is 1.60. The van der Waals surface area contributed by atoms with E-state index in [0.29, 0.717) is 12.8 Å². The van der Waals surface area contributed by atoms with Crippen molar-refractivity contribution < 1.29 is 9.47 Å². The Morgan fingerprint density at radius 3 is 3.05 bits per heavy atom. The number of anilines is 1. The predicted molar refractivity (Wildman–Crippen MR) is 81.2 cm³/mol. The highest BCUT2D eigenvalue weighted by atomic mass is 35.5. The Morgan fingerprint density at radius 2 is 2.10 bits per heavy atom. The lowest BCUT2D eigenvalue weighted by atomic mass is 9.94. The van der Waals surface area contributed by atoms with Crippen LogP contribution in [0.4, 0.5) is 5.69 Å². The Morgan fingerprint density at radius 1 is 1.20 bits per heavy atom. The van der Waals surface area contributed by atoms with Gasteiger partial charge in [0.05, 0.1) is 10.4 Å². The van der Waals surface area contributed by atoms with Crippen molar-refractivity contribution in [1.29, 1.82) is 0 Å². The number of rotatable bonds is 2. The third-order valence-electron chi connectivity index (χ3n) is 3.80. The van der Waals surface area contributed by atoms with Crippen LogP contribution in [-0.2, 0) is 6.42 Å². The molecule has 0 radical (unpaired) electrons. The predicted octanol–water partition coefficient (Wildman–Crippen LogP) is 4.62. The van der Waals surface area contributed by atoms with Gasteiger partial charge >= 0.3 is 0 Å². The van der Waals surface area contributed by atoms with E-state index >= 15 is 0 Å². The number of thiophene rings is 1. The first-order chi connectivity index (χ1) is 9.79. The second-order valence-electron chi connectivity index (χ2n) is 5.09. The largest absolute Gasteiger partial charge is 0.454 e. The molecule has 1 aliphatic heterocycles. The second kappa shape index (κ2) is 4.86. The molecule has 1 N–H and O–H groups in total. The Hall–Kier alpha value is -1.39. The van der Waals surface area contributed by atoms with Crippen LogP contribution in [0.3, 0.4) is 0 Å². The number of halogens is 1. The number of hydrogen-bond donors (Lipinski definition) is 1. The van der Waals surface area contributed by atoms with E-state index in [0.717, 1.165) is 34.4 Å². The molecule has 104 valence electrons. The zero-order valence-electron chi connectivity index (χ0n) is 10.8. The van der Waals surface area contributed by atoms with Crippen molar-refractivity contribution >= 4 is 28.6 Å². The van der Waals surface area contributed by atoms with Crippen molar-refractivity contribution in [2.45, 2.75) is 25.3 Å². The van der Waals surface area contributed by atoms with Crippen LogP contribution >= 0.6 is 22.9 Å². The van der Waals surface area contributed by atoms with Gasteiger partial charge in [-0.1, -0.05) is 11.6 Å². The third-order valence-corrected chi connectivity index (χ3v) is 5.14. The van der Waals surface area contributed by atoms with Gasteiger partial charge in [0.2, 0.25) is 6.79 Å². The molecular weight excluding hydrogens is 294 g/mol. The topological polar surface area (TPSA) is 30.5 Å². The third kappa shape index (κ3) is 2.13. The van der Waals surface area contributed by atoms with Gasteiger partial charge in [-0.25, -0.2) is 0 Å². The zero-order chi connectivity index (χ0) is 13.5. The van der Waals surface area contributed by atoms with E-state index in [-0.39, 0.29) is 0 Å². The number of aryl methyl sites for hydroxylation is 1. The fourth-order valence-corrected chi connectivity index (χ4v) is 4.24. The van der Waals surface area contributed by atoms with E-state index in [4.69, 9.17) is 21.1 Å². The average molecular weight is 308 g/mol. The van der Waals surface area contributed by atoms with Crippen LogP contribution in [-0.4, -0.2) is 6.79 Å². The van der Waals surface area contributed by atoms with Crippen molar-refractivity contribution in [2.24, 2.45) is 0 Å². The standard InChI is InChI=1S/C15H14ClNO2S/c16-15-7-10-11(2-1-3-14(10)20-15)17-9-4-5-12-13(6-9)19-8-18-12/h4-7,11,17H,1-3,8H2. The molecule has 1 unspecified atom stereocenters. The number of ether oxygens (including phenoxy) is 2. The SMILES string of the molecule is Clc1cc2c(s1)CCCC2Nc1ccc2c(c1)OCO2. The molecule has 0 amide bonds. The summed E-state index contributed by atoms with van der Waals surface area (Å²) < 4.78 is 11.6. The van der Waals surface area contributed by atoms with Gasteiger partial charge in [0, 0.05) is 16.6 Å². The number of hydrogen-bond acceptors (Lipinski definition) is 4. The molecular formula is C15H14ClNO2S. The van der Waals surface area contributed by atoms with E-state index in [9.17, 15) is 0 Å². The van der Waals surface area contributed by atoms with Gasteiger partial charge in [-0.3, -0.25) is 0 Å². The van der Waals surface area contributed by atoms with Crippen molar-refractivity contribution in [3.8, 4) is 11.5 Å². The zero-order valence-corrected chi connectivity index (χ0v) is 12.4. The molecule has 0 saturated heterocycles. The molecule has 2 heterocycles. The minimum absolute atomic E-state index is 0.312. The fraction of sp³-hybridized carbons (Fsp3) is 0.333. The Bertz CT molecular complexity index is 655. The Kier molecular flexibility index (Phi) is 3.00. The summed E-state index contributed by atoms with van der Waals surface area (Å²) in [7, 11) is 0. The summed E-state index contributed by atoms with van der Waals surface area (Å²) in [5.74, 6) is 1.63. The van der Waals surface area contributed by atoms with Crippen molar-refractivity contribution in [1.82, 2.24) is 0 Å². The van der Waals surface area contributed by atoms with Gasteiger partial charge in [0.25, 0.3) is 0 Å². The monoisotopic (exact) mass is 307 g/mol. The lowest BCUT2D eigenvalue weighted by Gasteiger charge is -2.24. The molecule has 4 rings (SSSR count). The summed E-state index contributed by atoms with van der Waals surface area (Å²) in [4.78, 5) is 1.42. The summed E-state index contributed by atoms with van der Waals surface area (Å²) in [6, 6.07) is 8.43. The average Bonchev–Trinajstić information content (AvgIpc) is 3.04. The molecule has 20 heavy (non-hydrogen) atoms. The summed E-state index contributed by atoms with van der Waals surface area (Å²) >= 11 is 7.86. The smallest absolute Gasteiger partial charge is 0.231 e. The van der Waals surface area contributed by atoms with Crippen molar-refractivity contribution in [3.05, 3.63) is 39.0 Å². The lowest BCUT2D eigenvalue weighted by molar-refractivity contribution is 0.174. The van der Waals surface area contributed by atoms with Crippen LogP contribution in [0.2, 0.25) is 4.34 Å². The van der Waals surface area contributed by atoms with Gasteiger partial charge in [-0.15, -0.1) is 11.3 Å². The first-order valence-electron chi connectivity index (χ1n) is 6.74. The molecule has 0 spiro atoms. The fourth-order valence-electron chi connectivity index (χ4n) is 2.86. The molecule has 2 aliphatic rings. The van der Waals surface area contributed by atoms with E-state index < -0.39 is 0 Å². The molecule has 1 aromatic heterocycles. The first kappa shape index (κ1) is 12.4. The molecule has 0 bridgehead atoms. The van der Waals surface area contributed by atoms with Gasteiger partial charge in [0.15, 0.2) is 11.5 Å². The quantitative estimate of drug-likeness (QED) is 0.878. The molecule has 3 nitrogen and oxygen atoms in total. The van der Waals surface area contributed by atoms with E-state index in [1.54, 1.807) is 11.3 Å². The summed E-state index contributed by atoms with van der Waals surface area (Å²) in [6.07, 6.45) is 3.48. The highest BCUT2D eigenvalue weighted by Crippen LogP contribution is 2.41. The molecule has 1 aliphatic carbocycles. The van der Waals surface area contributed by atoms with Crippen LogP contribution in [0.15, 0.2) is 24.3 Å². The molecule has 5 heteroatoms. The van der Waals surface area contributed by atoms with E-state index in [2.05, 4.69) is 11.4 Å². The minimum atomic E-state index is 0.312. The maximum Gasteiger partial charge on any atom is 0.231 e. The van der Waals surface area contributed by atoms with Gasteiger partial charge in [-0.05, 0) is 43.0 Å². The number of nitrogens with one attached hydrogen (secondary N) is 1. The molecule has 0 saturated carbocycles. The Labute approximate surface area is 126 Å².